The molecule has 0 atom stereocenters. The number of nitrogens with one attached hydrogen (secondary N) is 1. The van der Waals surface area contributed by atoms with E-state index < -0.39 is 22.9 Å². The average molecular weight is 451 g/mol. The zero-order valence-electron chi connectivity index (χ0n) is 19.5. The summed E-state index contributed by atoms with van der Waals surface area (Å²) >= 11 is 0. The molecule has 1 aliphatic heterocycles. The van der Waals surface area contributed by atoms with E-state index in [1.54, 1.807) is 0 Å². The maximum Gasteiger partial charge on any atom is 0.408 e. The Bertz CT molecular complexity index is 790. The minimum Gasteiger partial charge on any atom is -0.444 e. The first-order valence-electron chi connectivity index (χ1n) is 11.7. The van der Waals surface area contributed by atoms with E-state index in [1.807, 2.05) is 20.8 Å². The second kappa shape index (κ2) is 9.86. The summed E-state index contributed by atoms with van der Waals surface area (Å²) in [6.45, 7) is 7.24. The number of piperidine rings is 1. The zero-order valence-corrected chi connectivity index (χ0v) is 19.5. The van der Waals surface area contributed by atoms with Gasteiger partial charge in [-0.3, -0.25) is 4.79 Å². The third-order valence-corrected chi connectivity index (χ3v) is 6.65. The number of nitrogens with zero attached hydrogens (tertiary/aromatic N) is 1. The molecule has 0 radical (unpaired) electrons. The molecule has 1 amide bonds. The highest BCUT2D eigenvalue weighted by Gasteiger charge is 2.42. The molecule has 5 nitrogen and oxygen atoms in total. The Kier molecular flexibility index (Phi) is 7.58. The van der Waals surface area contributed by atoms with Crippen molar-refractivity contribution < 1.29 is 23.1 Å². The van der Waals surface area contributed by atoms with Crippen molar-refractivity contribution in [3.8, 4) is 0 Å². The third kappa shape index (κ3) is 6.50. The monoisotopic (exact) mass is 450 g/mol. The van der Waals surface area contributed by atoms with Crippen LogP contribution in [0.15, 0.2) is 24.3 Å². The van der Waals surface area contributed by atoms with E-state index in [-0.39, 0.29) is 30.0 Å². The van der Waals surface area contributed by atoms with Gasteiger partial charge in [0.15, 0.2) is 11.5 Å². The number of ketones is 1. The average Bonchev–Trinajstić information content (AvgIpc) is 2.73. The van der Waals surface area contributed by atoms with E-state index in [4.69, 9.17) is 4.74 Å². The molecule has 2 aliphatic rings. The molecule has 3 rings (SSSR count). The van der Waals surface area contributed by atoms with Crippen molar-refractivity contribution in [2.45, 2.75) is 88.9 Å². The number of halogens is 2. The topological polar surface area (TPSA) is 58.6 Å². The van der Waals surface area contributed by atoms with Crippen LogP contribution in [0.2, 0.25) is 0 Å². The van der Waals surface area contributed by atoms with E-state index in [0.717, 1.165) is 45.1 Å². The molecule has 1 aliphatic carbocycles. The van der Waals surface area contributed by atoms with Crippen LogP contribution in [0.1, 0.15) is 82.5 Å². The van der Waals surface area contributed by atoms with Gasteiger partial charge in [0.25, 0.3) is 0 Å². The summed E-state index contributed by atoms with van der Waals surface area (Å²) in [6.07, 6.45) is 5.75. The first-order chi connectivity index (χ1) is 15.0. The number of alkyl carbamates (subject to hydrolysis) is 1. The van der Waals surface area contributed by atoms with E-state index in [2.05, 4.69) is 10.2 Å². The lowest BCUT2D eigenvalue weighted by atomic mass is 9.79. The lowest BCUT2D eigenvalue weighted by Crippen LogP contribution is -2.53. The Labute approximate surface area is 189 Å². The molecule has 0 spiro atoms. The molecule has 0 aromatic heterocycles. The van der Waals surface area contributed by atoms with Gasteiger partial charge in [0.2, 0.25) is 0 Å². The number of likely N-dealkylation sites (tertiary alicyclic amines) is 1. The largest absolute Gasteiger partial charge is 0.444 e. The van der Waals surface area contributed by atoms with Crippen LogP contribution < -0.4 is 5.32 Å². The number of benzene rings is 1. The smallest absolute Gasteiger partial charge is 0.408 e. The van der Waals surface area contributed by atoms with Gasteiger partial charge < -0.3 is 15.0 Å². The summed E-state index contributed by atoms with van der Waals surface area (Å²) in [4.78, 5) is 27.3. The molecule has 0 unspecified atom stereocenters. The quantitative estimate of drug-likeness (QED) is 0.587. The Hall–Kier alpha value is -2.02. The van der Waals surface area contributed by atoms with Gasteiger partial charge in [0.05, 0.1) is 0 Å². The lowest BCUT2D eigenvalue weighted by molar-refractivity contribution is 0.0328. The summed E-state index contributed by atoms with van der Waals surface area (Å²) in [5.41, 5.74) is -2.54. The fraction of sp³-hybridized carbons (Fsp3) is 0.680. The normalized spacial score (nSPS) is 21.0. The molecule has 1 aromatic rings. The molecule has 1 N–H and O–H groups in total. The number of carbonyl (C=O) groups excluding carboxylic acids is 2. The highest BCUT2D eigenvalue weighted by molar-refractivity contribution is 6.02. The third-order valence-electron chi connectivity index (χ3n) is 6.65. The number of ether oxygens (including phenoxy) is 1. The van der Waals surface area contributed by atoms with E-state index >= 15 is 4.39 Å². The molecule has 2 fully saturated rings. The number of alkyl halides is 1. The number of Topliss-reactive ketones (excluding diaryl/α,β-unsaturated/α-hetero) is 1. The predicted octanol–water partition coefficient (Wildman–Crippen LogP) is 5.43. The van der Waals surface area contributed by atoms with Crippen LogP contribution in [0.25, 0.3) is 0 Å². The fourth-order valence-electron chi connectivity index (χ4n) is 4.78. The molecule has 1 saturated heterocycles. The molecule has 32 heavy (non-hydrogen) atoms. The molecule has 1 heterocycles. The Morgan fingerprint density at radius 2 is 1.62 bits per heavy atom. The van der Waals surface area contributed by atoms with Gasteiger partial charge in [-0.25, -0.2) is 13.6 Å². The maximum absolute atomic E-state index is 15.4. The van der Waals surface area contributed by atoms with Crippen molar-refractivity contribution in [2.75, 3.05) is 19.6 Å². The van der Waals surface area contributed by atoms with Crippen LogP contribution in [-0.4, -0.2) is 53.2 Å². The van der Waals surface area contributed by atoms with Gasteiger partial charge in [-0.1, -0.05) is 19.3 Å². The van der Waals surface area contributed by atoms with E-state index in [9.17, 15) is 14.0 Å². The van der Waals surface area contributed by atoms with E-state index in [1.165, 1.54) is 24.3 Å². The Morgan fingerprint density at radius 1 is 1.03 bits per heavy atom. The molecule has 0 bridgehead atoms. The summed E-state index contributed by atoms with van der Waals surface area (Å²) < 4.78 is 34.0. The number of carbonyl (C=O) groups is 2. The SMILES string of the molecule is CC(C)(C)OC(=O)NC1(CCN2CCC(F)(C(=O)c3ccc(F)cc3)CC2)CCCCC1. The van der Waals surface area contributed by atoms with Crippen molar-refractivity contribution in [1.29, 1.82) is 0 Å². The van der Waals surface area contributed by atoms with Gasteiger partial charge >= 0.3 is 6.09 Å². The fourth-order valence-corrected chi connectivity index (χ4v) is 4.78. The molecular weight excluding hydrogens is 414 g/mol. The molecule has 178 valence electrons. The number of hydrogen-bond donors (Lipinski definition) is 1. The molecule has 1 saturated carbocycles. The standard InChI is InChI=1S/C25H36F2N2O3/c1-23(2,3)32-22(31)28-24(11-5-4-6-12-24)13-16-29-17-14-25(27,15-18-29)21(30)19-7-9-20(26)10-8-19/h7-10H,4-6,11-18H2,1-3H3,(H,28,31). The van der Waals surface area contributed by atoms with Gasteiger partial charge in [0.1, 0.15) is 11.4 Å². The Morgan fingerprint density at radius 3 is 2.19 bits per heavy atom. The molecule has 7 heteroatoms. The minimum absolute atomic E-state index is 0.121. The molecular formula is C25H36F2N2O3. The summed E-state index contributed by atoms with van der Waals surface area (Å²) in [5, 5.41) is 3.14. The summed E-state index contributed by atoms with van der Waals surface area (Å²) in [7, 11) is 0. The first kappa shape index (κ1) is 24.6. The molecule has 1 aromatic carbocycles. The Balaban J connectivity index is 1.55. The number of hydrogen-bond acceptors (Lipinski definition) is 4. The van der Waals surface area contributed by atoms with Gasteiger partial charge in [0, 0.05) is 43.6 Å². The van der Waals surface area contributed by atoms with Crippen molar-refractivity contribution in [3.05, 3.63) is 35.6 Å². The van der Waals surface area contributed by atoms with Gasteiger partial charge in [-0.05, 0) is 64.3 Å². The van der Waals surface area contributed by atoms with Gasteiger partial charge in [-0.15, -0.1) is 0 Å². The highest BCUT2D eigenvalue weighted by atomic mass is 19.1. The van der Waals surface area contributed by atoms with Crippen molar-refractivity contribution >= 4 is 11.9 Å². The van der Waals surface area contributed by atoms with Crippen molar-refractivity contribution in [3.63, 3.8) is 0 Å². The van der Waals surface area contributed by atoms with Crippen LogP contribution in [0, 0.1) is 5.82 Å². The van der Waals surface area contributed by atoms with Crippen molar-refractivity contribution in [1.82, 2.24) is 10.2 Å². The van der Waals surface area contributed by atoms with Crippen LogP contribution in [0.5, 0.6) is 0 Å². The number of rotatable bonds is 6. The minimum atomic E-state index is -1.91. The van der Waals surface area contributed by atoms with Crippen LogP contribution >= 0.6 is 0 Å². The van der Waals surface area contributed by atoms with Gasteiger partial charge in [-0.2, -0.15) is 0 Å². The highest BCUT2D eigenvalue weighted by Crippen LogP contribution is 2.34. The number of amides is 1. The first-order valence-corrected chi connectivity index (χ1v) is 11.7. The maximum atomic E-state index is 15.4. The summed E-state index contributed by atoms with van der Waals surface area (Å²) in [5.74, 6) is -1.01. The predicted molar refractivity (Wildman–Crippen MR) is 120 cm³/mol. The van der Waals surface area contributed by atoms with Crippen LogP contribution in [-0.2, 0) is 4.74 Å². The van der Waals surface area contributed by atoms with Crippen molar-refractivity contribution in [2.24, 2.45) is 0 Å². The lowest BCUT2D eigenvalue weighted by Gasteiger charge is -2.41. The summed E-state index contributed by atoms with van der Waals surface area (Å²) in [6, 6.07) is 5.07. The van der Waals surface area contributed by atoms with E-state index in [0.29, 0.717) is 13.1 Å². The van der Waals surface area contributed by atoms with Crippen LogP contribution in [0.4, 0.5) is 13.6 Å². The second-order valence-electron chi connectivity index (χ2n) is 10.4. The second-order valence-corrected chi connectivity index (χ2v) is 10.4. The zero-order chi connectivity index (χ0) is 23.4. The van der Waals surface area contributed by atoms with Crippen LogP contribution in [0.3, 0.4) is 0 Å².